The van der Waals surface area contributed by atoms with Crippen LogP contribution in [0.3, 0.4) is 0 Å². The van der Waals surface area contributed by atoms with E-state index in [1.54, 1.807) is 0 Å². The van der Waals surface area contributed by atoms with Crippen LogP contribution in [0.4, 0.5) is 17.5 Å². The Morgan fingerprint density at radius 2 is 1.71 bits per heavy atom. The lowest BCUT2D eigenvalue weighted by Crippen LogP contribution is -2.27. The van der Waals surface area contributed by atoms with E-state index < -0.39 is 0 Å². The Morgan fingerprint density at radius 1 is 1.05 bits per heavy atom. The van der Waals surface area contributed by atoms with E-state index in [9.17, 15) is 0 Å². The molecule has 0 aliphatic carbocycles. The van der Waals surface area contributed by atoms with Crippen molar-refractivity contribution >= 4 is 17.5 Å². The minimum Gasteiger partial charge on any atom is -0.350 e. The predicted octanol–water partition coefficient (Wildman–Crippen LogP) is 4.30. The van der Waals surface area contributed by atoms with Crippen LogP contribution in [-0.2, 0) is 6.42 Å². The van der Waals surface area contributed by atoms with Gasteiger partial charge >= 0.3 is 0 Å². The normalized spacial score (nSPS) is 11.3. The number of benzene rings is 1. The Hall–Kier alpha value is -2.10. The van der Waals surface area contributed by atoms with Crippen molar-refractivity contribution in [3.05, 3.63) is 41.6 Å². The fourth-order valence-electron chi connectivity index (χ4n) is 2.00. The van der Waals surface area contributed by atoms with Gasteiger partial charge in [0.1, 0.15) is 5.82 Å². The summed E-state index contributed by atoms with van der Waals surface area (Å²) in [6.45, 7) is 10.4. The quantitative estimate of drug-likeness (QED) is 0.878. The fourth-order valence-corrected chi connectivity index (χ4v) is 2.00. The van der Waals surface area contributed by atoms with Gasteiger partial charge in [0, 0.05) is 23.0 Å². The Balaban J connectivity index is 2.19. The first-order valence-corrected chi connectivity index (χ1v) is 7.35. The third-order valence-corrected chi connectivity index (χ3v) is 2.98. The van der Waals surface area contributed by atoms with Crippen molar-refractivity contribution in [3.8, 4) is 0 Å². The second-order valence-electron chi connectivity index (χ2n) is 6.27. The molecule has 0 spiro atoms. The number of aryl methyl sites for hydroxylation is 2. The number of nitrogens with zero attached hydrogens (tertiary/aromatic N) is 2. The molecule has 0 amide bonds. The smallest absolute Gasteiger partial charge is 0.225 e. The van der Waals surface area contributed by atoms with Gasteiger partial charge in [-0.15, -0.1) is 0 Å². The average molecular weight is 284 g/mol. The lowest BCUT2D eigenvalue weighted by atomic mass is 10.1. The average Bonchev–Trinajstić information content (AvgIpc) is 2.36. The van der Waals surface area contributed by atoms with E-state index in [4.69, 9.17) is 0 Å². The minimum absolute atomic E-state index is 0.0617. The number of aromatic nitrogens is 2. The SMILES string of the molecule is CCc1ccc(Nc2cc(C)nc(NC(C)(C)C)n2)cc1. The maximum atomic E-state index is 4.52. The molecule has 0 aliphatic rings. The molecule has 0 fully saturated rings. The molecular formula is C17H24N4. The van der Waals surface area contributed by atoms with Gasteiger partial charge in [-0.2, -0.15) is 4.98 Å². The van der Waals surface area contributed by atoms with Crippen LogP contribution in [0.25, 0.3) is 0 Å². The van der Waals surface area contributed by atoms with Crippen LogP contribution in [0.5, 0.6) is 0 Å². The number of anilines is 3. The molecule has 0 atom stereocenters. The van der Waals surface area contributed by atoms with Crippen LogP contribution < -0.4 is 10.6 Å². The Bertz CT molecular complexity index is 597. The second-order valence-corrected chi connectivity index (χ2v) is 6.27. The lowest BCUT2D eigenvalue weighted by Gasteiger charge is -2.21. The predicted molar refractivity (Wildman–Crippen MR) is 89.2 cm³/mol. The molecule has 112 valence electrons. The molecule has 0 radical (unpaired) electrons. The Labute approximate surface area is 127 Å². The van der Waals surface area contributed by atoms with Crippen LogP contribution in [-0.4, -0.2) is 15.5 Å². The molecule has 1 heterocycles. The number of nitrogens with one attached hydrogen (secondary N) is 2. The first kappa shape index (κ1) is 15.3. The summed E-state index contributed by atoms with van der Waals surface area (Å²) in [5.74, 6) is 1.45. The lowest BCUT2D eigenvalue weighted by molar-refractivity contribution is 0.625. The van der Waals surface area contributed by atoms with Gasteiger partial charge in [-0.25, -0.2) is 4.98 Å². The van der Waals surface area contributed by atoms with Gasteiger partial charge in [0.05, 0.1) is 0 Å². The van der Waals surface area contributed by atoms with Crippen LogP contribution in [0.1, 0.15) is 39.0 Å². The third kappa shape index (κ3) is 4.74. The molecule has 2 rings (SSSR count). The molecule has 4 nitrogen and oxygen atoms in total. The maximum Gasteiger partial charge on any atom is 0.225 e. The van der Waals surface area contributed by atoms with Gasteiger partial charge in [-0.1, -0.05) is 19.1 Å². The summed E-state index contributed by atoms with van der Waals surface area (Å²) in [5, 5.41) is 6.64. The van der Waals surface area contributed by atoms with Crippen molar-refractivity contribution < 1.29 is 0 Å². The molecule has 0 unspecified atom stereocenters. The zero-order valence-electron chi connectivity index (χ0n) is 13.5. The van der Waals surface area contributed by atoms with Gasteiger partial charge in [0.15, 0.2) is 0 Å². The molecule has 21 heavy (non-hydrogen) atoms. The largest absolute Gasteiger partial charge is 0.350 e. The standard InChI is InChI=1S/C17H24N4/c1-6-13-7-9-14(10-8-13)19-15-11-12(2)18-16(20-15)21-17(3,4)5/h7-11H,6H2,1-5H3,(H2,18,19,20,21). The van der Waals surface area contributed by atoms with Crippen LogP contribution in [0.15, 0.2) is 30.3 Å². The molecule has 2 N–H and O–H groups in total. The van der Waals surface area contributed by atoms with E-state index in [1.165, 1.54) is 5.56 Å². The van der Waals surface area contributed by atoms with Crippen LogP contribution in [0.2, 0.25) is 0 Å². The van der Waals surface area contributed by atoms with E-state index in [2.05, 4.69) is 72.6 Å². The highest BCUT2D eigenvalue weighted by molar-refractivity contribution is 5.58. The summed E-state index contributed by atoms with van der Waals surface area (Å²) in [6, 6.07) is 10.4. The zero-order valence-corrected chi connectivity index (χ0v) is 13.5. The van der Waals surface area contributed by atoms with Gasteiger partial charge in [-0.05, 0) is 51.8 Å². The van der Waals surface area contributed by atoms with Crippen molar-refractivity contribution in [2.75, 3.05) is 10.6 Å². The first-order chi connectivity index (χ1) is 9.85. The zero-order chi connectivity index (χ0) is 15.5. The summed E-state index contributed by atoms with van der Waals surface area (Å²) >= 11 is 0. The summed E-state index contributed by atoms with van der Waals surface area (Å²) in [5.41, 5.74) is 3.24. The highest BCUT2D eigenvalue weighted by Crippen LogP contribution is 2.19. The summed E-state index contributed by atoms with van der Waals surface area (Å²) < 4.78 is 0. The highest BCUT2D eigenvalue weighted by Gasteiger charge is 2.12. The van der Waals surface area contributed by atoms with Crippen molar-refractivity contribution in [1.82, 2.24) is 9.97 Å². The summed E-state index contributed by atoms with van der Waals surface area (Å²) in [6.07, 6.45) is 1.05. The van der Waals surface area contributed by atoms with E-state index in [0.29, 0.717) is 5.95 Å². The monoisotopic (exact) mass is 284 g/mol. The van der Waals surface area contributed by atoms with Crippen molar-refractivity contribution in [2.45, 2.75) is 46.6 Å². The van der Waals surface area contributed by atoms with E-state index >= 15 is 0 Å². The van der Waals surface area contributed by atoms with Crippen molar-refractivity contribution in [3.63, 3.8) is 0 Å². The third-order valence-electron chi connectivity index (χ3n) is 2.98. The topological polar surface area (TPSA) is 49.8 Å². The molecule has 0 bridgehead atoms. The minimum atomic E-state index is -0.0617. The van der Waals surface area contributed by atoms with Crippen molar-refractivity contribution in [2.24, 2.45) is 0 Å². The Kier molecular flexibility index (Phi) is 4.46. The molecular weight excluding hydrogens is 260 g/mol. The molecule has 4 heteroatoms. The number of rotatable bonds is 4. The van der Waals surface area contributed by atoms with Crippen LogP contribution >= 0.6 is 0 Å². The van der Waals surface area contributed by atoms with Gasteiger partial charge < -0.3 is 10.6 Å². The van der Waals surface area contributed by atoms with E-state index in [-0.39, 0.29) is 5.54 Å². The van der Waals surface area contributed by atoms with Gasteiger partial charge in [0.2, 0.25) is 5.95 Å². The van der Waals surface area contributed by atoms with Gasteiger partial charge in [0.25, 0.3) is 0 Å². The molecule has 0 aliphatic heterocycles. The number of hydrogen-bond donors (Lipinski definition) is 2. The molecule has 0 saturated carbocycles. The van der Waals surface area contributed by atoms with E-state index in [1.807, 2.05) is 13.0 Å². The second kappa shape index (κ2) is 6.12. The summed E-state index contributed by atoms with van der Waals surface area (Å²) in [7, 11) is 0. The van der Waals surface area contributed by atoms with Crippen LogP contribution in [0, 0.1) is 6.92 Å². The van der Waals surface area contributed by atoms with Gasteiger partial charge in [-0.3, -0.25) is 0 Å². The van der Waals surface area contributed by atoms with Crippen molar-refractivity contribution in [1.29, 1.82) is 0 Å². The molecule has 1 aromatic heterocycles. The molecule has 2 aromatic rings. The number of hydrogen-bond acceptors (Lipinski definition) is 4. The summed E-state index contributed by atoms with van der Waals surface area (Å²) in [4.78, 5) is 8.95. The maximum absolute atomic E-state index is 4.52. The van der Waals surface area contributed by atoms with E-state index in [0.717, 1.165) is 23.6 Å². The molecule has 1 aromatic carbocycles. The highest BCUT2D eigenvalue weighted by atomic mass is 15.2. The Morgan fingerprint density at radius 3 is 2.29 bits per heavy atom. The fraction of sp³-hybridized carbons (Fsp3) is 0.412. The molecule has 0 saturated heterocycles. The first-order valence-electron chi connectivity index (χ1n) is 7.35.